The van der Waals surface area contributed by atoms with Gasteiger partial charge in [0.2, 0.25) is 5.91 Å². The van der Waals surface area contributed by atoms with Crippen LogP contribution in [0.2, 0.25) is 0 Å². The highest BCUT2D eigenvalue weighted by atomic mass is 16.1. The smallest absolute Gasteiger partial charge is 0.228 e. The Kier molecular flexibility index (Phi) is 2.11. The van der Waals surface area contributed by atoms with Crippen molar-refractivity contribution >= 4 is 17.3 Å². The van der Waals surface area contributed by atoms with Crippen LogP contribution >= 0.6 is 0 Å². The van der Waals surface area contributed by atoms with Crippen LogP contribution in [0.5, 0.6) is 0 Å². The number of carbonyl (C=O) groups is 1. The van der Waals surface area contributed by atoms with Crippen LogP contribution in [0.4, 0.5) is 11.4 Å². The van der Waals surface area contributed by atoms with Gasteiger partial charge in [0.05, 0.1) is 6.42 Å². The second-order valence-corrected chi connectivity index (χ2v) is 4.22. The van der Waals surface area contributed by atoms with Gasteiger partial charge < -0.3 is 11.1 Å². The lowest BCUT2D eigenvalue weighted by atomic mass is 10.0. The normalized spacial score (nSPS) is 13.3. The maximum atomic E-state index is 11.3. The lowest BCUT2D eigenvalue weighted by Crippen LogP contribution is -2.03. The van der Waals surface area contributed by atoms with Gasteiger partial charge in [-0.3, -0.25) is 4.79 Å². The summed E-state index contributed by atoms with van der Waals surface area (Å²) in [5.74, 6) is 0.0643. The number of carbonyl (C=O) groups excluding carboxylic acids is 1. The molecule has 3 N–H and O–H groups in total. The second kappa shape index (κ2) is 3.63. The molecular formula is C14H12N2O. The molecule has 0 aliphatic carbocycles. The van der Waals surface area contributed by atoms with Crippen molar-refractivity contribution in [2.24, 2.45) is 0 Å². The summed E-state index contributed by atoms with van der Waals surface area (Å²) in [5.41, 5.74) is 10.6. The third-order valence-corrected chi connectivity index (χ3v) is 2.97. The monoisotopic (exact) mass is 224 g/mol. The summed E-state index contributed by atoms with van der Waals surface area (Å²) in [6.07, 6.45) is 0.470. The molecular weight excluding hydrogens is 212 g/mol. The Hall–Kier alpha value is -2.29. The molecule has 1 amide bonds. The molecule has 3 nitrogen and oxygen atoms in total. The largest absolute Gasteiger partial charge is 0.399 e. The van der Waals surface area contributed by atoms with Crippen molar-refractivity contribution < 1.29 is 4.79 Å². The maximum absolute atomic E-state index is 11.3. The topological polar surface area (TPSA) is 55.1 Å². The van der Waals surface area contributed by atoms with Crippen molar-refractivity contribution in [2.45, 2.75) is 6.42 Å². The van der Waals surface area contributed by atoms with Gasteiger partial charge in [-0.1, -0.05) is 18.2 Å². The van der Waals surface area contributed by atoms with Crippen LogP contribution in [-0.2, 0) is 11.2 Å². The molecule has 0 saturated carbocycles. The van der Waals surface area contributed by atoms with E-state index in [1.807, 2.05) is 36.4 Å². The first kappa shape index (κ1) is 9.90. The minimum absolute atomic E-state index is 0.0643. The van der Waals surface area contributed by atoms with Crippen molar-refractivity contribution in [3.8, 4) is 11.1 Å². The molecule has 2 aromatic carbocycles. The predicted octanol–water partition coefficient (Wildman–Crippen LogP) is 2.43. The summed E-state index contributed by atoms with van der Waals surface area (Å²) in [6, 6.07) is 13.8. The first-order chi connectivity index (χ1) is 8.22. The van der Waals surface area contributed by atoms with Gasteiger partial charge >= 0.3 is 0 Å². The van der Waals surface area contributed by atoms with Crippen LogP contribution in [0.3, 0.4) is 0 Å². The third-order valence-electron chi connectivity index (χ3n) is 2.97. The molecule has 1 heterocycles. The van der Waals surface area contributed by atoms with Crippen LogP contribution in [0.1, 0.15) is 5.56 Å². The fourth-order valence-electron chi connectivity index (χ4n) is 2.08. The van der Waals surface area contributed by atoms with Crippen LogP contribution in [0.25, 0.3) is 11.1 Å². The second-order valence-electron chi connectivity index (χ2n) is 4.22. The van der Waals surface area contributed by atoms with Crippen molar-refractivity contribution in [2.75, 3.05) is 11.1 Å². The molecule has 3 rings (SSSR count). The fourth-order valence-corrected chi connectivity index (χ4v) is 2.08. The summed E-state index contributed by atoms with van der Waals surface area (Å²) in [6.45, 7) is 0. The molecule has 17 heavy (non-hydrogen) atoms. The summed E-state index contributed by atoms with van der Waals surface area (Å²) < 4.78 is 0. The molecule has 0 atom stereocenters. The summed E-state index contributed by atoms with van der Waals surface area (Å²) >= 11 is 0. The summed E-state index contributed by atoms with van der Waals surface area (Å²) in [7, 11) is 0. The van der Waals surface area contributed by atoms with E-state index >= 15 is 0 Å². The maximum Gasteiger partial charge on any atom is 0.228 e. The Balaban J connectivity index is 2.03. The molecule has 2 aromatic rings. The van der Waals surface area contributed by atoms with Gasteiger partial charge in [-0.25, -0.2) is 0 Å². The highest BCUT2D eigenvalue weighted by Crippen LogP contribution is 2.29. The Morgan fingerprint density at radius 2 is 1.71 bits per heavy atom. The minimum Gasteiger partial charge on any atom is -0.399 e. The Labute approximate surface area is 99.3 Å². The Morgan fingerprint density at radius 1 is 1.00 bits per heavy atom. The van der Waals surface area contributed by atoms with Crippen LogP contribution in [-0.4, -0.2) is 5.91 Å². The SMILES string of the molecule is Nc1ccc(-c2ccc3c(c2)CC(=O)N3)cc1. The van der Waals surface area contributed by atoms with Crippen molar-refractivity contribution in [1.29, 1.82) is 0 Å². The van der Waals surface area contributed by atoms with E-state index in [2.05, 4.69) is 11.4 Å². The number of nitrogens with one attached hydrogen (secondary N) is 1. The molecule has 0 unspecified atom stereocenters. The van der Waals surface area contributed by atoms with Crippen molar-refractivity contribution in [1.82, 2.24) is 0 Å². The van der Waals surface area contributed by atoms with Crippen LogP contribution in [0.15, 0.2) is 42.5 Å². The van der Waals surface area contributed by atoms with E-state index in [-0.39, 0.29) is 5.91 Å². The molecule has 3 heteroatoms. The van der Waals surface area contributed by atoms with Crippen molar-refractivity contribution in [3.63, 3.8) is 0 Å². The number of anilines is 2. The van der Waals surface area contributed by atoms with Gasteiger partial charge in [-0.2, -0.15) is 0 Å². The molecule has 0 aromatic heterocycles. The number of benzene rings is 2. The van der Waals surface area contributed by atoms with Gasteiger partial charge in [-0.15, -0.1) is 0 Å². The highest BCUT2D eigenvalue weighted by Gasteiger charge is 2.17. The van der Waals surface area contributed by atoms with Gasteiger partial charge in [0.1, 0.15) is 0 Å². The number of fused-ring (bicyclic) bond motifs is 1. The van der Waals surface area contributed by atoms with E-state index in [4.69, 9.17) is 5.73 Å². The zero-order chi connectivity index (χ0) is 11.8. The average Bonchev–Trinajstić information content (AvgIpc) is 2.69. The predicted molar refractivity (Wildman–Crippen MR) is 68.6 cm³/mol. The summed E-state index contributed by atoms with van der Waals surface area (Å²) in [4.78, 5) is 11.3. The molecule has 0 bridgehead atoms. The van der Waals surface area contributed by atoms with Crippen LogP contribution in [0, 0.1) is 0 Å². The van der Waals surface area contributed by atoms with E-state index < -0.39 is 0 Å². The standard InChI is InChI=1S/C14H12N2O/c15-12-4-1-9(2-5-12)10-3-6-13-11(7-10)8-14(17)16-13/h1-7H,8,15H2,(H,16,17). The number of nitrogens with two attached hydrogens (primary N) is 1. The van der Waals surface area contributed by atoms with E-state index in [1.165, 1.54) is 0 Å². The van der Waals surface area contributed by atoms with Gasteiger partial charge in [0.15, 0.2) is 0 Å². The average molecular weight is 224 g/mol. The Morgan fingerprint density at radius 3 is 2.47 bits per heavy atom. The molecule has 1 aliphatic rings. The Bertz CT molecular complexity index is 588. The lowest BCUT2D eigenvalue weighted by Gasteiger charge is -2.05. The van der Waals surface area contributed by atoms with E-state index in [9.17, 15) is 4.79 Å². The van der Waals surface area contributed by atoms with E-state index in [0.29, 0.717) is 6.42 Å². The van der Waals surface area contributed by atoms with E-state index in [1.54, 1.807) is 0 Å². The molecule has 0 saturated heterocycles. The quantitative estimate of drug-likeness (QED) is 0.731. The summed E-state index contributed by atoms with van der Waals surface area (Å²) in [5, 5.41) is 2.83. The third kappa shape index (κ3) is 1.76. The molecule has 0 spiro atoms. The number of hydrogen-bond donors (Lipinski definition) is 2. The zero-order valence-corrected chi connectivity index (χ0v) is 9.23. The van der Waals surface area contributed by atoms with Gasteiger partial charge in [0.25, 0.3) is 0 Å². The fraction of sp³-hybridized carbons (Fsp3) is 0.0714. The first-order valence-electron chi connectivity index (χ1n) is 5.51. The number of nitrogen functional groups attached to an aromatic ring is 1. The number of rotatable bonds is 1. The number of amides is 1. The molecule has 0 fully saturated rings. The number of hydrogen-bond acceptors (Lipinski definition) is 2. The molecule has 84 valence electrons. The molecule has 1 aliphatic heterocycles. The van der Waals surface area contributed by atoms with Crippen molar-refractivity contribution in [3.05, 3.63) is 48.0 Å². The minimum atomic E-state index is 0.0643. The lowest BCUT2D eigenvalue weighted by molar-refractivity contribution is -0.115. The van der Waals surface area contributed by atoms with Gasteiger partial charge in [0, 0.05) is 11.4 Å². The highest BCUT2D eigenvalue weighted by molar-refractivity contribution is 5.99. The zero-order valence-electron chi connectivity index (χ0n) is 9.23. The van der Waals surface area contributed by atoms with E-state index in [0.717, 1.165) is 28.1 Å². The first-order valence-corrected chi connectivity index (χ1v) is 5.51. The molecule has 0 radical (unpaired) electrons. The van der Waals surface area contributed by atoms with Crippen LogP contribution < -0.4 is 11.1 Å². The van der Waals surface area contributed by atoms with Gasteiger partial charge in [-0.05, 0) is 41.0 Å².